The lowest BCUT2D eigenvalue weighted by Crippen LogP contribution is -2.39. The molecule has 1 saturated heterocycles. The summed E-state index contributed by atoms with van der Waals surface area (Å²) in [6.07, 6.45) is 3.88. The van der Waals surface area contributed by atoms with Gasteiger partial charge in [0.15, 0.2) is 0 Å². The van der Waals surface area contributed by atoms with Crippen molar-refractivity contribution >= 4 is 17.3 Å². The number of nitrogens with zero attached hydrogens (tertiary/aromatic N) is 1. The number of halogens is 1. The number of anilines is 1. The predicted octanol–water partition coefficient (Wildman–Crippen LogP) is 4.57. The summed E-state index contributed by atoms with van der Waals surface area (Å²) in [7, 11) is 0. The second-order valence-corrected chi connectivity index (χ2v) is 6.51. The smallest absolute Gasteiger partial charge is 0.0410 e. The predicted molar refractivity (Wildman–Crippen MR) is 88.7 cm³/mol. The fourth-order valence-electron chi connectivity index (χ4n) is 3.14. The van der Waals surface area contributed by atoms with Crippen LogP contribution in [-0.2, 0) is 0 Å². The Morgan fingerprint density at radius 3 is 2.65 bits per heavy atom. The van der Waals surface area contributed by atoms with Crippen molar-refractivity contribution in [3.05, 3.63) is 28.8 Å². The molecule has 1 N–H and O–H groups in total. The van der Waals surface area contributed by atoms with E-state index in [1.54, 1.807) is 0 Å². The molecule has 1 aromatic carbocycles. The lowest BCUT2D eigenvalue weighted by Gasteiger charge is -2.35. The summed E-state index contributed by atoms with van der Waals surface area (Å²) in [6.45, 7) is 10.5. The molecule has 1 atom stereocenters. The molecule has 0 bridgehead atoms. The second kappa shape index (κ2) is 7.33. The summed E-state index contributed by atoms with van der Waals surface area (Å²) < 4.78 is 0. The van der Waals surface area contributed by atoms with E-state index in [0.717, 1.165) is 10.9 Å². The number of nitrogens with one attached hydrogen (secondary N) is 1. The molecule has 1 aliphatic rings. The molecule has 1 aliphatic heterocycles. The number of rotatable bonds is 5. The van der Waals surface area contributed by atoms with E-state index < -0.39 is 0 Å². The molecule has 0 aliphatic carbocycles. The second-order valence-electron chi connectivity index (χ2n) is 6.07. The molecule has 112 valence electrons. The summed E-state index contributed by atoms with van der Waals surface area (Å²) >= 11 is 6.01. The van der Waals surface area contributed by atoms with Crippen LogP contribution in [0.3, 0.4) is 0 Å². The van der Waals surface area contributed by atoms with Gasteiger partial charge in [0.05, 0.1) is 0 Å². The Labute approximate surface area is 128 Å². The Morgan fingerprint density at radius 2 is 2.05 bits per heavy atom. The molecule has 0 aromatic heterocycles. The number of likely N-dealkylation sites (tertiary alicyclic amines) is 1. The molecule has 1 unspecified atom stereocenters. The monoisotopic (exact) mass is 294 g/mol. The molecule has 1 heterocycles. The third-order valence-electron chi connectivity index (χ3n) is 4.45. The topological polar surface area (TPSA) is 15.3 Å². The van der Waals surface area contributed by atoms with Crippen molar-refractivity contribution in [2.75, 3.05) is 25.0 Å². The van der Waals surface area contributed by atoms with Crippen LogP contribution in [0.25, 0.3) is 0 Å². The van der Waals surface area contributed by atoms with Gasteiger partial charge in [0.1, 0.15) is 0 Å². The van der Waals surface area contributed by atoms with E-state index in [1.807, 2.05) is 12.1 Å². The van der Waals surface area contributed by atoms with Gasteiger partial charge in [0.2, 0.25) is 0 Å². The average Bonchev–Trinajstić information content (AvgIpc) is 2.43. The van der Waals surface area contributed by atoms with E-state index in [1.165, 1.54) is 50.1 Å². The molecular weight excluding hydrogens is 268 g/mol. The summed E-state index contributed by atoms with van der Waals surface area (Å²) in [6, 6.07) is 6.62. The molecule has 0 spiro atoms. The lowest BCUT2D eigenvalue weighted by atomic mass is 9.90. The van der Waals surface area contributed by atoms with Crippen LogP contribution in [0.2, 0.25) is 5.02 Å². The van der Waals surface area contributed by atoms with Gasteiger partial charge in [-0.2, -0.15) is 0 Å². The van der Waals surface area contributed by atoms with Gasteiger partial charge < -0.3 is 10.2 Å². The minimum absolute atomic E-state index is 0.527. The van der Waals surface area contributed by atoms with Crippen LogP contribution in [0.1, 0.15) is 38.7 Å². The van der Waals surface area contributed by atoms with Gasteiger partial charge in [0.25, 0.3) is 0 Å². The van der Waals surface area contributed by atoms with Crippen molar-refractivity contribution in [1.82, 2.24) is 4.90 Å². The SMILES string of the molecule is CCCN1CCC(C(C)Nc2ccc(Cl)cc2C)CC1. The quantitative estimate of drug-likeness (QED) is 0.856. The third kappa shape index (κ3) is 4.13. The van der Waals surface area contributed by atoms with E-state index in [0.29, 0.717) is 6.04 Å². The highest BCUT2D eigenvalue weighted by Gasteiger charge is 2.23. The van der Waals surface area contributed by atoms with Crippen LogP contribution in [0, 0.1) is 12.8 Å². The zero-order valence-electron chi connectivity index (χ0n) is 13.0. The highest BCUT2D eigenvalue weighted by molar-refractivity contribution is 6.30. The number of piperidine rings is 1. The molecule has 0 amide bonds. The van der Waals surface area contributed by atoms with Gasteiger partial charge in [-0.25, -0.2) is 0 Å². The van der Waals surface area contributed by atoms with Crippen LogP contribution in [0.5, 0.6) is 0 Å². The van der Waals surface area contributed by atoms with Crippen LogP contribution < -0.4 is 5.32 Å². The zero-order valence-corrected chi connectivity index (χ0v) is 13.7. The first-order chi connectivity index (χ1) is 9.60. The largest absolute Gasteiger partial charge is 0.382 e. The van der Waals surface area contributed by atoms with Crippen molar-refractivity contribution in [3.63, 3.8) is 0 Å². The molecular formula is C17H27ClN2. The molecule has 1 aromatic rings. The first-order valence-corrected chi connectivity index (χ1v) is 8.23. The molecule has 2 rings (SSSR count). The first-order valence-electron chi connectivity index (χ1n) is 7.85. The van der Waals surface area contributed by atoms with Crippen LogP contribution in [0.4, 0.5) is 5.69 Å². The lowest BCUT2D eigenvalue weighted by molar-refractivity contribution is 0.176. The highest BCUT2D eigenvalue weighted by atomic mass is 35.5. The summed E-state index contributed by atoms with van der Waals surface area (Å²) in [5.74, 6) is 0.776. The van der Waals surface area contributed by atoms with Gasteiger partial charge in [-0.15, -0.1) is 0 Å². The van der Waals surface area contributed by atoms with E-state index in [9.17, 15) is 0 Å². The van der Waals surface area contributed by atoms with Crippen molar-refractivity contribution in [1.29, 1.82) is 0 Å². The van der Waals surface area contributed by atoms with E-state index in [2.05, 4.69) is 37.1 Å². The summed E-state index contributed by atoms with van der Waals surface area (Å²) in [5, 5.41) is 4.49. The Bertz CT molecular complexity index is 425. The summed E-state index contributed by atoms with van der Waals surface area (Å²) in [5.41, 5.74) is 2.45. The molecule has 3 heteroatoms. The third-order valence-corrected chi connectivity index (χ3v) is 4.69. The van der Waals surface area contributed by atoms with Gasteiger partial charge in [-0.1, -0.05) is 18.5 Å². The molecule has 2 nitrogen and oxygen atoms in total. The molecule has 0 radical (unpaired) electrons. The number of hydrogen-bond acceptors (Lipinski definition) is 2. The standard InChI is InChI=1S/C17H27ClN2/c1-4-9-20-10-7-15(8-11-20)14(3)19-17-6-5-16(18)12-13(17)2/h5-6,12,14-15,19H,4,7-11H2,1-3H3. The van der Waals surface area contributed by atoms with Gasteiger partial charge >= 0.3 is 0 Å². The Balaban J connectivity index is 1.87. The molecule has 1 fully saturated rings. The van der Waals surface area contributed by atoms with Crippen molar-refractivity contribution in [2.45, 2.75) is 46.1 Å². The Morgan fingerprint density at radius 1 is 1.35 bits per heavy atom. The number of hydrogen-bond donors (Lipinski definition) is 1. The highest BCUT2D eigenvalue weighted by Crippen LogP contribution is 2.26. The normalized spacial score (nSPS) is 19.0. The fraction of sp³-hybridized carbons (Fsp3) is 0.647. The number of aryl methyl sites for hydroxylation is 1. The minimum Gasteiger partial charge on any atom is -0.382 e. The van der Waals surface area contributed by atoms with Crippen LogP contribution >= 0.6 is 11.6 Å². The maximum absolute atomic E-state index is 6.01. The van der Waals surface area contributed by atoms with Gasteiger partial charge in [-0.05, 0) is 82.4 Å². The van der Waals surface area contributed by atoms with Crippen LogP contribution in [-0.4, -0.2) is 30.6 Å². The average molecular weight is 295 g/mol. The Hall–Kier alpha value is -0.730. The maximum Gasteiger partial charge on any atom is 0.0410 e. The minimum atomic E-state index is 0.527. The molecule has 20 heavy (non-hydrogen) atoms. The van der Waals surface area contributed by atoms with E-state index in [4.69, 9.17) is 11.6 Å². The van der Waals surface area contributed by atoms with Gasteiger partial charge in [-0.3, -0.25) is 0 Å². The van der Waals surface area contributed by atoms with Crippen LogP contribution in [0.15, 0.2) is 18.2 Å². The van der Waals surface area contributed by atoms with E-state index in [-0.39, 0.29) is 0 Å². The van der Waals surface area contributed by atoms with Gasteiger partial charge in [0, 0.05) is 16.8 Å². The molecule has 0 saturated carbocycles. The maximum atomic E-state index is 6.01. The Kier molecular flexibility index (Phi) is 5.74. The first kappa shape index (κ1) is 15.7. The number of benzene rings is 1. The fourth-order valence-corrected chi connectivity index (χ4v) is 3.37. The van der Waals surface area contributed by atoms with Crippen molar-refractivity contribution < 1.29 is 0 Å². The summed E-state index contributed by atoms with van der Waals surface area (Å²) in [4.78, 5) is 2.59. The van der Waals surface area contributed by atoms with E-state index >= 15 is 0 Å². The zero-order chi connectivity index (χ0) is 14.5. The van der Waals surface area contributed by atoms with Crippen molar-refractivity contribution in [3.8, 4) is 0 Å². The van der Waals surface area contributed by atoms with Crippen molar-refractivity contribution in [2.24, 2.45) is 5.92 Å².